The molecule has 0 saturated heterocycles. The summed E-state index contributed by atoms with van der Waals surface area (Å²) in [5, 5.41) is 0. The first-order valence-corrected chi connectivity index (χ1v) is 26.8. The van der Waals surface area contributed by atoms with Crippen LogP contribution < -0.4 is 0 Å². The van der Waals surface area contributed by atoms with Crippen LogP contribution in [-0.2, 0) is 25.2 Å². The summed E-state index contributed by atoms with van der Waals surface area (Å²) in [5.74, 6) is 0. The fourth-order valence-electron chi connectivity index (χ4n) is 7.89. The zero-order valence-electron chi connectivity index (χ0n) is 24.6. The molecule has 4 heteroatoms. The number of fused-ring (bicyclic) bond motifs is 2. The number of halogens is 2. The average molecular weight is 661 g/mol. The predicted octanol–water partition coefficient (Wildman–Crippen LogP) is 10.4. The summed E-state index contributed by atoms with van der Waals surface area (Å²) < 4.78 is 36.5. The van der Waals surface area contributed by atoms with Gasteiger partial charge in [0, 0.05) is 0 Å². The number of rotatable bonds is 7. The fraction of sp³-hybridized carbons (Fsp3) is 0.128. The van der Waals surface area contributed by atoms with Gasteiger partial charge in [0.05, 0.1) is 0 Å². The first-order valence-electron chi connectivity index (χ1n) is 15.2. The summed E-state index contributed by atoms with van der Waals surface area (Å²) in [4.78, 5) is 0. The van der Waals surface area contributed by atoms with Crippen molar-refractivity contribution < 1.29 is 24.4 Å². The van der Waals surface area contributed by atoms with E-state index in [1.807, 2.05) is 105 Å². The maximum atomic E-state index is 19.0. The molecule has 2 aliphatic rings. The molecule has 0 amide bonds. The Balaban J connectivity index is 1.42. The van der Waals surface area contributed by atoms with E-state index in [4.69, 9.17) is 0 Å². The molecule has 0 bridgehead atoms. The third kappa shape index (κ3) is 4.80. The van der Waals surface area contributed by atoms with Crippen LogP contribution in [0.3, 0.4) is 0 Å². The summed E-state index contributed by atoms with van der Waals surface area (Å²) in [7, 11) is 0. The van der Waals surface area contributed by atoms with Gasteiger partial charge in [-0.15, -0.1) is 0 Å². The Morgan fingerprint density at radius 1 is 0.535 bits per heavy atom. The quantitative estimate of drug-likeness (QED) is 0.152. The summed E-state index contributed by atoms with van der Waals surface area (Å²) in [6.45, 7) is 2.12. The average Bonchev–Trinajstić information content (AvgIpc) is 3.58. The van der Waals surface area contributed by atoms with Crippen LogP contribution in [-0.4, -0.2) is 6.65 Å². The van der Waals surface area contributed by atoms with Crippen molar-refractivity contribution in [1.82, 2.24) is 0 Å². The Morgan fingerprint density at radius 3 is 1.40 bits per heavy atom. The van der Waals surface area contributed by atoms with Gasteiger partial charge < -0.3 is 0 Å². The first-order chi connectivity index (χ1) is 20.8. The molecule has 0 N–H and O–H groups in total. The van der Waals surface area contributed by atoms with Crippen LogP contribution in [0, 0.1) is 0 Å². The molecule has 2 unspecified atom stereocenters. The van der Waals surface area contributed by atoms with Crippen molar-refractivity contribution in [3.05, 3.63) is 166 Å². The topological polar surface area (TPSA) is 0 Å². The third-order valence-electron chi connectivity index (χ3n) is 9.64. The fourth-order valence-corrected chi connectivity index (χ4v) is 36.0. The van der Waals surface area contributed by atoms with Crippen LogP contribution in [0.25, 0.3) is 34.4 Å². The van der Waals surface area contributed by atoms with Crippen molar-refractivity contribution >= 4 is 18.8 Å². The van der Waals surface area contributed by atoms with Gasteiger partial charge in [-0.25, -0.2) is 0 Å². The van der Waals surface area contributed by atoms with Crippen LogP contribution in [0.1, 0.15) is 48.9 Å². The molecule has 43 heavy (non-hydrogen) atoms. The second-order valence-corrected chi connectivity index (χ2v) is 34.5. The predicted molar refractivity (Wildman–Crippen MR) is 177 cm³/mol. The standard InChI is InChI=1S/2C16H13.C7H9Si.2FH.Zr/c2*1-12-10-14-8-5-9-15(16(14)11-12)13-6-3-2-4-7-13;8-6-7-4-2-1-3-5-7;;;/h2*2-11H,1H3;1-5H,6,8H2;2*1H;/q;;;;;+2/p-2. The second-order valence-electron chi connectivity index (χ2n) is 12.3. The summed E-state index contributed by atoms with van der Waals surface area (Å²) in [6, 6.07) is 43.1. The molecule has 0 heterocycles. The third-order valence-corrected chi connectivity index (χ3v) is 34.7. The Labute approximate surface area is 257 Å². The van der Waals surface area contributed by atoms with E-state index in [1.165, 1.54) is 0 Å². The Bertz CT molecular complexity index is 1760. The second kappa shape index (κ2) is 10.9. The van der Waals surface area contributed by atoms with Crippen molar-refractivity contribution in [2.75, 3.05) is 0 Å². The Kier molecular flexibility index (Phi) is 7.19. The van der Waals surface area contributed by atoms with E-state index in [0.29, 0.717) is 6.04 Å². The normalized spacial score (nSPS) is 18.6. The molecule has 0 nitrogen and oxygen atoms in total. The molecule has 5 aromatic carbocycles. The van der Waals surface area contributed by atoms with Crippen LogP contribution in [0.5, 0.6) is 0 Å². The molecule has 0 spiro atoms. The van der Waals surface area contributed by atoms with Gasteiger partial charge in [-0.1, -0.05) is 0 Å². The van der Waals surface area contributed by atoms with Crippen LogP contribution in [0.2, 0.25) is 0 Å². The monoisotopic (exact) mass is 659 g/mol. The molecule has 213 valence electrons. The molecule has 0 radical (unpaired) electrons. The van der Waals surface area contributed by atoms with Gasteiger partial charge in [0.2, 0.25) is 0 Å². The van der Waals surface area contributed by atoms with Crippen molar-refractivity contribution in [3.63, 3.8) is 0 Å². The molecule has 5 aromatic rings. The van der Waals surface area contributed by atoms with E-state index >= 15 is 5.25 Å². The molecular weight excluding hydrogens is 626 g/mol. The van der Waals surface area contributed by atoms with Gasteiger partial charge in [0.1, 0.15) is 0 Å². The number of benzene rings is 5. The van der Waals surface area contributed by atoms with E-state index in [0.717, 1.165) is 61.2 Å². The van der Waals surface area contributed by atoms with Crippen molar-refractivity contribution in [2.45, 2.75) is 27.1 Å². The number of allylic oxidation sites excluding steroid dienone is 2. The molecular formula is C39H35F2SiZr. The first kappa shape index (κ1) is 28.3. The summed E-state index contributed by atoms with van der Waals surface area (Å²) in [5.41, 5.74) is 10.6. The van der Waals surface area contributed by atoms with Gasteiger partial charge in [-0.2, -0.15) is 0 Å². The van der Waals surface area contributed by atoms with E-state index in [9.17, 15) is 0 Å². The van der Waals surface area contributed by atoms with Crippen molar-refractivity contribution in [2.24, 2.45) is 0 Å². The van der Waals surface area contributed by atoms with Crippen LogP contribution >= 0.6 is 0 Å². The zero-order chi connectivity index (χ0) is 29.6. The van der Waals surface area contributed by atoms with Crippen molar-refractivity contribution in [3.8, 4) is 22.3 Å². The van der Waals surface area contributed by atoms with Gasteiger partial charge in [-0.3, -0.25) is 0 Å². The van der Waals surface area contributed by atoms with Crippen LogP contribution in [0.4, 0.5) is 5.25 Å². The summed E-state index contributed by atoms with van der Waals surface area (Å²) >= 11 is -6.72. The van der Waals surface area contributed by atoms with E-state index in [-0.39, 0.29) is 0 Å². The van der Waals surface area contributed by atoms with Crippen molar-refractivity contribution in [1.29, 1.82) is 0 Å². The molecule has 0 fully saturated rings. The molecule has 0 aliphatic heterocycles. The number of hydrogen-bond acceptors (Lipinski definition) is 0. The van der Waals surface area contributed by atoms with E-state index in [2.05, 4.69) is 48.6 Å². The zero-order valence-corrected chi connectivity index (χ0v) is 28.5. The minimum absolute atomic E-state index is 0.522. The molecule has 2 aliphatic carbocycles. The van der Waals surface area contributed by atoms with Gasteiger partial charge in [0.25, 0.3) is 0 Å². The molecule has 7 rings (SSSR count). The van der Waals surface area contributed by atoms with E-state index < -0.39 is 33.1 Å². The van der Waals surface area contributed by atoms with Gasteiger partial charge in [0.15, 0.2) is 0 Å². The molecule has 2 atom stereocenters. The summed E-state index contributed by atoms with van der Waals surface area (Å²) in [6.07, 6.45) is 4.17. The molecule has 0 aromatic heterocycles. The maximum absolute atomic E-state index is 19.0. The molecule has 0 saturated carbocycles. The number of hydrogen-bond donors (Lipinski definition) is 0. The SMILES string of the molecule is CC1=Cc2c(-c3ccccc3)cccc2[CH]1[Zr]([F])([F])([SiH2]Cc1ccccc1)[CH]1C(C)=Cc2c(-c3ccccc3)cccc21. The van der Waals surface area contributed by atoms with E-state index in [1.54, 1.807) is 0 Å². The van der Waals surface area contributed by atoms with Gasteiger partial charge >= 0.3 is 259 Å². The van der Waals surface area contributed by atoms with Crippen LogP contribution in [0.15, 0.2) is 139 Å². The minimum atomic E-state index is -6.72. The Hall–Kier alpha value is -3.46. The Morgan fingerprint density at radius 2 is 0.953 bits per heavy atom. The van der Waals surface area contributed by atoms with Gasteiger partial charge in [-0.05, 0) is 0 Å².